The highest BCUT2D eigenvalue weighted by Gasteiger charge is 2.18. The molecule has 66 heavy (non-hydrogen) atoms. The Bertz CT molecular complexity index is 1220. The van der Waals surface area contributed by atoms with Crippen molar-refractivity contribution in [3.8, 4) is 0 Å². The normalized spacial score (nSPS) is 13.6. The summed E-state index contributed by atoms with van der Waals surface area (Å²) in [7, 11) is 0. The Morgan fingerprint density at radius 1 is 0.379 bits per heavy atom. The highest BCUT2D eigenvalue weighted by molar-refractivity contribution is 5.76. The van der Waals surface area contributed by atoms with E-state index in [1.807, 2.05) is 6.08 Å². The molecular weight excluding hydrogens is 807 g/mol. The van der Waals surface area contributed by atoms with Crippen LogP contribution in [0.5, 0.6) is 0 Å². The minimum Gasteiger partial charge on any atom is -0.394 e. The second-order valence-electron chi connectivity index (χ2n) is 19.0. The molecule has 0 aliphatic heterocycles. The van der Waals surface area contributed by atoms with E-state index in [0.29, 0.717) is 6.42 Å². The molecule has 4 heteroatoms. The van der Waals surface area contributed by atoms with E-state index < -0.39 is 12.1 Å². The first-order chi connectivity index (χ1) is 32.7. The van der Waals surface area contributed by atoms with E-state index in [-0.39, 0.29) is 12.5 Å². The lowest BCUT2D eigenvalue weighted by molar-refractivity contribution is -0.123. The third kappa shape index (κ3) is 52.3. The molecule has 0 fully saturated rings. The summed E-state index contributed by atoms with van der Waals surface area (Å²) < 4.78 is 0. The number of allylic oxidation sites excluding steroid dienone is 15. The zero-order chi connectivity index (χ0) is 47.7. The van der Waals surface area contributed by atoms with Crippen LogP contribution in [0.15, 0.2) is 97.2 Å². The molecule has 0 saturated heterocycles. The van der Waals surface area contributed by atoms with Gasteiger partial charge in [0.05, 0.1) is 18.8 Å². The monoisotopic (exact) mass is 916 g/mol. The summed E-state index contributed by atoms with van der Waals surface area (Å²) in [6.45, 7) is 4.20. The van der Waals surface area contributed by atoms with Gasteiger partial charge in [-0.1, -0.05) is 278 Å². The molecule has 4 nitrogen and oxygen atoms in total. The van der Waals surface area contributed by atoms with E-state index in [0.717, 1.165) is 70.6 Å². The maximum absolute atomic E-state index is 12.5. The summed E-state index contributed by atoms with van der Waals surface area (Å²) in [5, 5.41) is 23.1. The number of nitrogens with one attached hydrogen (secondary N) is 1. The number of carbonyl (C=O) groups is 1. The Kier molecular flexibility index (Phi) is 54.3. The van der Waals surface area contributed by atoms with E-state index in [4.69, 9.17) is 0 Å². The predicted molar refractivity (Wildman–Crippen MR) is 294 cm³/mol. The molecule has 1 amide bonds. The van der Waals surface area contributed by atoms with Crippen molar-refractivity contribution in [3.05, 3.63) is 97.2 Å². The minimum atomic E-state index is -0.868. The summed E-state index contributed by atoms with van der Waals surface area (Å²) in [5.74, 6) is -0.0758. The molecular formula is C62H109NO3. The van der Waals surface area contributed by atoms with Crippen LogP contribution in [-0.2, 0) is 4.79 Å². The van der Waals surface area contributed by atoms with Crippen molar-refractivity contribution in [3.63, 3.8) is 0 Å². The molecule has 0 saturated carbocycles. The molecule has 0 aromatic carbocycles. The molecule has 0 heterocycles. The molecule has 0 aromatic heterocycles. The van der Waals surface area contributed by atoms with Crippen LogP contribution in [0.25, 0.3) is 0 Å². The zero-order valence-corrected chi connectivity index (χ0v) is 43.7. The summed E-state index contributed by atoms with van der Waals surface area (Å²) >= 11 is 0. The predicted octanol–water partition coefficient (Wildman–Crippen LogP) is 18.9. The van der Waals surface area contributed by atoms with Crippen LogP contribution >= 0.6 is 0 Å². The van der Waals surface area contributed by atoms with E-state index in [1.165, 1.54) is 180 Å². The number of unbranched alkanes of at least 4 members (excludes halogenated alkanes) is 30. The van der Waals surface area contributed by atoms with Crippen LogP contribution in [0.3, 0.4) is 0 Å². The van der Waals surface area contributed by atoms with E-state index in [1.54, 1.807) is 6.08 Å². The maximum atomic E-state index is 12.5. The lowest BCUT2D eigenvalue weighted by atomic mass is 10.0. The van der Waals surface area contributed by atoms with Gasteiger partial charge in [0.25, 0.3) is 0 Å². The third-order valence-corrected chi connectivity index (χ3v) is 12.6. The van der Waals surface area contributed by atoms with Gasteiger partial charge in [-0.15, -0.1) is 0 Å². The SMILES string of the molecule is CC/C=C\C/C=C\C/C=C\C/C=C\C/C=C\C/C=C\CCCCCCCCCCCCCCCCC(=O)NC(CO)C(O)/C=C/CC/C=C/CCCCCCCCCCCCCCCCC. The average molecular weight is 917 g/mol. The van der Waals surface area contributed by atoms with Crippen molar-refractivity contribution in [1.29, 1.82) is 0 Å². The Balaban J connectivity index is 3.56. The molecule has 0 rings (SSSR count). The second kappa shape index (κ2) is 56.6. The molecule has 3 N–H and O–H groups in total. The second-order valence-corrected chi connectivity index (χ2v) is 19.0. The number of hydrogen-bond acceptors (Lipinski definition) is 3. The Morgan fingerprint density at radius 2 is 0.682 bits per heavy atom. The van der Waals surface area contributed by atoms with E-state index in [9.17, 15) is 15.0 Å². The number of aliphatic hydroxyl groups is 2. The van der Waals surface area contributed by atoms with Gasteiger partial charge in [0.1, 0.15) is 0 Å². The van der Waals surface area contributed by atoms with Gasteiger partial charge in [-0.05, 0) is 83.5 Å². The molecule has 0 bridgehead atoms. The van der Waals surface area contributed by atoms with Crippen LogP contribution in [0.2, 0.25) is 0 Å². The zero-order valence-electron chi connectivity index (χ0n) is 43.7. The summed E-state index contributed by atoms with van der Waals surface area (Å²) in [4.78, 5) is 12.5. The minimum absolute atomic E-state index is 0.0758. The molecule has 0 radical (unpaired) electrons. The molecule has 0 aromatic rings. The quantitative estimate of drug-likeness (QED) is 0.0421. The Hall–Kier alpha value is -2.69. The fourth-order valence-corrected chi connectivity index (χ4v) is 8.26. The molecule has 0 aliphatic carbocycles. The van der Waals surface area contributed by atoms with Crippen LogP contribution < -0.4 is 5.32 Å². The number of hydrogen-bond donors (Lipinski definition) is 3. The summed E-state index contributed by atoms with van der Waals surface area (Å²) in [6, 6.07) is -0.645. The highest BCUT2D eigenvalue weighted by Crippen LogP contribution is 2.16. The maximum Gasteiger partial charge on any atom is 0.220 e. The largest absolute Gasteiger partial charge is 0.394 e. The number of aliphatic hydroxyl groups excluding tert-OH is 2. The summed E-state index contributed by atoms with van der Waals surface area (Å²) in [6.07, 6.45) is 84.2. The number of amides is 1. The van der Waals surface area contributed by atoms with Crippen LogP contribution in [0.1, 0.15) is 271 Å². The lowest BCUT2D eigenvalue weighted by Crippen LogP contribution is -2.45. The first kappa shape index (κ1) is 63.3. The molecule has 380 valence electrons. The topological polar surface area (TPSA) is 69.6 Å². The van der Waals surface area contributed by atoms with Gasteiger partial charge in [-0.2, -0.15) is 0 Å². The van der Waals surface area contributed by atoms with Crippen molar-refractivity contribution in [2.75, 3.05) is 6.61 Å². The van der Waals surface area contributed by atoms with Gasteiger partial charge >= 0.3 is 0 Å². The van der Waals surface area contributed by atoms with Gasteiger partial charge in [-0.25, -0.2) is 0 Å². The van der Waals surface area contributed by atoms with E-state index >= 15 is 0 Å². The fraction of sp³-hybridized carbons (Fsp3) is 0.726. The standard InChI is InChI=1S/C62H109NO3/c1-3-5-7-9-11-13-15-17-19-21-23-25-26-27-28-29-30-31-32-33-34-35-36-38-40-42-44-46-48-50-52-54-56-58-62(66)63-60(59-64)61(65)57-55-53-51-49-47-45-43-41-39-37-24-22-20-18-16-14-12-10-8-6-4-2/h5,7,11,13,17,19,23,25,27-28,30-31,47,49,55,57,60-61,64-65H,3-4,6,8-10,12,14-16,18,20-22,24,26,29,32-46,48,50-54,56,58-59H2,1-2H3,(H,63,66)/b7-5-,13-11-,19-17-,25-23-,28-27-,31-30-,49-47+,57-55+. The average Bonchev–Trinajstić information content (AvgIpc) is 3.32. The number of carbonyl (C=O) groups excluding carboxylic acids is 1. The van der Waals surface area contributed by atoms with Gasteiger partial charge < -0.3 is 15.5 Å². The smallest absolute Gasteiger partial charge is 0.220 e. The van der Waals surface area contributed by atoms with Crippen molar-refractivity contribution in [2.24, 2.45) is 0 Å². The fourth-order valence-electron chi connectivity index (χ4n) is 8.26. The molecule has 2 atom stereocenters. The third-order valence-electron chi connectivity index (χ3n) is 12.6. The first-order valence-corrected chi connectivity index (χ1v) is 28.5. The Labute approximate surface area is 411 Å². The highest BCUT2D eigenvalue weighted by atomic mass is 16.3. The molecule has 0 spiro atoms. The molecule has 2 unspecified atom stereocenters. The van der Waals surface area contributed by atoms with Crippen molar-refractivity contribution >= 4 is 5.91 Å². The van der Waals surface area contributed by atoms with E-state index in [2.05, 4.69) is 104 Å². The van der Waals surface area contributed by atoms with Crippen molar-refractivity contribution in [1.82, 2.24) is 5.32 Å². The first-order valence-electron chi connectivity index (χ1n) is 28.5. The van der Waals surface area contributed by atoms with Gasteiger partial charge in [0.15, 0.2) is 0 Å². The van der Waals surface area contributed by atoms with Crippen LogP contribution in [0, 0.1) is 0 Å². The molecule has 0 aliphatic rings. The van der Waals surface area contributed by atoms with Crippen LogP contribution in [0.4, 0.5) is 0 Å². The number of rotatable bonds is 51. The van der Waals surface area contributed by atoms with Gasteiger partial charge in [-0.3, -0.25) is 4.79 Å². The van der Waals surface area contributed by atoms with Crippen LogP contribution in [-0.4, -0.2) is 34.9 Å². The Morgan fingerprint density at radius 3 is 1.06 bits per heavy atom. The lowest BCUT2D eigenvalue weighted by Gasteiger charge is -2.19. The summed E-state index contributed by atoms with van der Waals surface area (Å²) in [5.41, 5.74) is 0. The van der Waals surface area contributed by atoms with Crippen molar-refractivity contribution < 1.29 is 15.0 Å². The van der Waals surface area contributed by atoms with Gasteiger partial charge in [0, 0.05) is 6.42 Å². The van der Waals surface area contributed by atoms with Gasteiger partial charge in [0.2, 0.25) is 5.91 Å². The van der Waals surface area contributed by atoms with Crippen molar-refractivity contribution in [2.45, 2.75) is 283 Å².